The Morgan fingerprint density at radius 1 is 1.00 bits per heavy atom. The van der Waals surface area contributed by atoms with Crippen molar-refractivity contribution in [2.24, 2.45) is 0 Å². The van der Waals surface area contributed by atoms with Crippen LogP contribution < -0.4 is 14.2 Å². The van der Waals surface area contributed by atoms with Gasteiger partial charge in [-0.1, -0.05) is 31.2 Å². The summed E-state index contributed by atoms with van der Waals surface area (Å²) in [6, 6.07) is 15.8. The van der Waals surface area contributed by atoms with Crippen LogP contribution in [0.15, 0.2) is 48.5 Å². The molecule has 0 saturated carbocycles. The fraction of sp³-hybridized carbons (Fsp3) is 0.455. The van der Waals surface area contributed by atoms with E-state index in [-0.39, 0.29) is 6.61 Å². The third kappa shape index (κ3) is 6.45. The van der Waals surface area contributed by atoms with Crippen LogP contribution in [0, 0.1) is 0 Å². The van der Waals surface area contributed by atoms with Gasteiger partial charge < -0.3 is 19.3 Å². The van der Waals surface area contributed by atoms with E-state index in [0.717, 1.165) is 24.3 Å². The van der Waals surface area contributed by atoms with E-state index >= 15 is 0 Å². The van der Waals surface area contributed by atoms with Crippen LogP contribution in [0.25, 0.3) is 0 Å². The highest BCUT2D eigenvalue weighted by molar-refractivity contribution is 5.42. The number of hydrogen-bond acceptors (Lipinski definition) is 5. The predicted octanol–water partition coefficient (Wildman–Crippen LogP) is 3.74. The molecular formula is C22H31NO4. The molecule has 0 aromatic heterocycles. The van der Waals surface area contributed by atoms with Gasteiger partial charge in [-0.15, -0.1) is 0 Å². The van der Waals surface area contributed by atoms with E-state index in [1.54, 1.807) is 14.2 Å². The molecule has 2 atom stereocenters. The van der Waals surface area contributed by atoms with Crippen molar-refractivity contribution in [3.63, 3.8) is 0 Å². The second-order valence-electron chi connectivity index (χ2n) is 6.65. The van der Waals surface area contributed by atoms with Gasteiger partial charge in [-0.05, 0) is 43.2 Å². The molecule has 2 unspecified atom stereocenters. The lowest BCUT2D eigenvalue weighted by molar-refractivity contribution is 0.0506. The summed E-state index contributed by atoms with van der Waals surface area (Å²) in [4.78, 5) is 2.26. The molecule has 1 N–H and O–H groups in total. The Morgan fingerprint density at radius 2 is 1.70 bits per heavy atom. The van der Waals surface area contributed by atoms with Crippen LogP contribution >= 0.6 is 0 Å². The molecule has 5 nitrogen and oxygen atoms in total. The van der Waals surface area contributed by atoms with Gasteiger partial charge in [0, 0.05) is 19.1 Å². The van der Waals surface area contributed by atoms with Crippen LogP contribution in [0.2, 0.25) is 0 Å². The number of nitrogens with zero attached hydrogens (tertiary/aromatic N) is 1. The first-order valence-electron chi connectivity index (χ1n) is 9.38. The molecule has 2 rings (SSSR count). The molecule has 0 aliphatic carbocycles. The Bertz CT molecular complexity index is 677. The Morgan fingerprint density at radius 3 is 2.33 bits per heavy atom. The molecular weight excluding hydrogens is 342 g/mol. The molecule has 0 heterocycles. The number of hydrogen-bond donors (Lipinski definition) is 1. The van der Waals surface area contributed by atoms with Crippen molar-refractivity contribution in [1.82, 2.24) is 4.90 Å². The molecule has 0 bridgehead atoms. The van der Waals surface area contributed by atoms with Gasteiger partial charge in [0.2, 0.25) is 0 Å². The van der Waals surface area contributed by atoms with Crippen molar-refractivity contribution < 1.29 is 19.3 Å². The highest BCUT2D eigenvalue weighted by atomic mass is 16.5. The number of methoxy groups -OCH3 is 2. The van der Waals surface area contributed by atoms with E-state index in [2.05, 4.69) is 18.7 Å². The van der Waals surface area contributed by atoms with E-state index in [1.165, 1.54) is 0 Å². The molecule has 2 aromatic carbocycles. The topological polar surface area (TPSA) is 51.2 Å². The molecule has 0 fully saturated rings. The summed E-state index contributed by atoms with van der Waals surface area (Å²) in [5.74, 6) is 2.20. The normalized spacial score (nSPS) is 13.3. The summed E-state index contributed by atoms with van der Waals surface area (Å²) in [5, 5.41) is 10.5. The van der Waals surface area contributed by atoms with Gasteiger partial charge in [-0.3, -0.25) is 4.90 Å². The molecule has 0 saturated heterocycles. The second kappa shape index (κ2) is 10.8. The van der Waals surface area contributed by atoms with Crippen molar-refractivity contribution in [1.29, 1.82) is 0 Å². The van der Waals surface area contributed by atoms with Gasteiger partial charge in [0.25, 0.3) is 0 Å². The summed E-state index contributed by atoms with van der Waals surface area (Å²) in [6.45, 7) is 5.85. The fourth-order valence-electron chi connectivity index (χ4n) is 2.90. The van der Waals surface area contributed by atoms with E-state index in [0.29, 0.717) is 24.1 Å². The molecule has 148 valence electrons. The highest BCUT2D eigenvalue weighted by Crippen LogP contribution is 2.28. The largest absolute Gasteiger partial charge is 0.493 e. The minimum atomic E-state index is -0.570. The summed E-state index contributed by atoms with van der Waals surface area (Å²) < 4.78 is 16.4. The van der Waals surface area contributed by atoms with Gasteiger partial charge in [-0.25, -0.2) is 0 Å². The SMILES string of the molecule is CCC(C)N(Cc1ccc(OC)c(OC)c1)CC(O)COc1ccccc1. The second-order valence-corrected chi connectivity index (χ2v) is 6.65. The van der Waals surface area contributed by atoms with Gasteiger partial charge in [0.05, 0.1) is 14.2 Å². The van der Waals surface area contributed by atoms with Gasteiger partial charge >= 0.3 is 0 Å². The van der Waals surface area contributed by atoms with Crippen LogP contribution in [0.1, 0.15) is 25.8 Å². The van der Waals surface area contributed by atoms with E-state index < -0.39 is 6.10 Å². The number of aliphatic hydroxyl groups is 1. The molecule has 0 radical (unpaired) electrons. The summed E-state index contributed by atoms with van der Waals surface area (Å²) in [6.07, 6.45) is 0.430. The van der Waals surface area contributed by atoms with Crippen molar-refractivity contribution in [3.05, 3.63) is 54.1 Å². The zero-order chi connectivity index (χ0) is 19.6. The number of rotatable bonds is 11. The van der Waals surface area contributed by atoms with E-state index in [4.69, 9.17) is 14.2 Å². The Kier molecular flexibility index (Phi) is 8.43. The van der Waals surface area contributed by atoms with E-state index in [9.17, 15) is 5.11 Å². The molecule has 27 heavy (non-hydrogen) atoms. The van der Waals surface area contributed by atoms with Crippen LogP contribution in [0.5, 0.6) is 17.2 Å². The summed E-state index contributed by atoms with van der Waals surface area (Å²) in [5.41, 5.74) is 1.11. The third-order valence-corrected chi connectivity index (χ3v) is 4.68. The third-order valence-electron chi connectivity index (χ3n) is 4.68. The van der Waals surface area contributed by atoms with Crippen molar-refractivity contribution in [2.45, 2.75) is 39.0 Å². The smallest absolute Gasteiger partial charge is 0.161 e. The van der Waals surface area contributed by atoms with Gasteiger partial charge in [0.15, 0.2) is 11.5 Å². The van der Waals surface area contributed by atoms with Crippen molar-refractivity contribution >= 4 is 0 Å². The summed E-state index contributed by atoms with van der Waals surface area (Å²) >= 11 is 0. The van der Waals surface area contributed by atoms with Crippen LogP contribution in [-0.2, 0) is 6.54 Å². The Hall–Kier alpha value is -2.24. The average molecular weight is 373 g/mol. The van der Waals surface area contributed by atoms with E-state index in [1.807, 2.05) is 48.5 Å². The lowest BCUT2D eigenvalue weighted by Gasteiger charge is -2.30. The zero-order valence-corrected chi connectivity index (χ0v) is 16.7. The number of para-hydroxylation sites is 1. The molecule has 0 aliphatic heterocycles. The minimum Gasteiger partial charge on any atom is -0.493 e. The van der Waals surface area contributed by atoms with Crippen molar-refractivity contribution in [3.8, 4) is 17.2 Å². The molecule has 5 heteroatoms. The monoisotopic (exact) mass is 373 g/mol. The maximum absolute atomic E-state index is 10.5. The lowest BCUT2D eigenvalue weighted by Crippen LogP contribution is -2.40. The quantitative estimate of drug-likeness (QED) is 0.650. The van der Waals surface area contributed by atoms with Crippen LogP contribution in [0.4, 0.5) is 0 Å². The highest BCUT2D eigenvalue weighted by Gasteiger charge is 2.18. The molecule has 2 aromatic rings. The number of aliphatic hydroxyl groups excluding tert-OH is 1. The number of benzene rings is 2. The maximum Gasteiger partial charge on any atom is 0.161 e. The molecule has 0 amide bonds. The fourth-order valence-corrected chi connectivity index (χ4v) is 2.90. The van der Waals surface area contributed by atoms with Gasteiger partial charge in [-0.2, -0.15) is 0 Å². The molecule has 0 spiro atoms. The zero-order valence-electron chi connectivity index (χ0n) is 16.7. The Balaban J connectivity index is 2.00. The summed E-state index contributed by atoms with van der Waals surface area (Å²) in [7, 11) is 3.27. The number of ether oxygens (including phenoxy) is 3. The standard InChI is InChI=1S/C22H31NO4/c1-5-17(2)23(14-18-11-12-21(25-3)22(13-18)26-4)15-19(24)16-27-20-9-7-6-8-10-20/h6-13,17,19,24H,5,14-16H2,1-4H3. The van der Waals surface area contributed by atoms with Gasteiger partial charge in [0.1, 0.15) is 18.5 Å². The first-order chi connectivity index (χ1) is 13.1. The first-order valence-corrected chi connectivity index (χ1v) is 9.38. The lowest BCUT2D eigenvalue weighted by atomic mass is 10.1. The average Bonchev–Trinajstić information content (AvgIpc) is 2.71. The Labute approximate surface area is 162 Å². The predicted molar refractivity (Wildman–Crippen MR) is 108 cm³/mol. The minimum absolute atomic E-state index is 0.267. The van der Waals surface area contributed by atoms with Crippen LogP contribution in [-0.4, -0.2) is 49.5 Å². The molecule has 0 aliphatic rings. The van der Waals surface area contributed by atoms with Crippen LogP contribution in [0.3, 0.4) is 0 Å². The maximum atomic E-state index is 10.5. The first kappa shape index (κ1) is 21.1. The van der Waals surface area contributed by atoms with Crippen molar-refractivity contribution in [2.75, 3.05) is 27.4 Å².